The van der Waals surface area contributed by atoms with Crippen LogP contribution in [-0.2, 0) is 4.79 Å². The lowest BCUT2D eigenvalue weighted by atomic mass is 9.96. The van der Waals surface area contributed by atoms with Crippen LogP contribution in [0, 0.1) is 11.8 Å². The van der Waals surface area contributed by atoms with Crippen molar-refractivity contribution in [2.75, 3.05) is 13.1 Å². The minimum atomic E-state index is -0.753. The summed E-state index contributed by atoms with van der Waals surface area (Å²) in [6.07, 6.45) is 4.26. The number of nitrogens with one attached hydrogen (secondary N) is 2. The molecule has 1 heterocycles. The SMILES string of the molecule is CC(CNC(=O)NCC1CCCC1C(=O)O)c1nccs1. The number of carboxylic acid groups (broad SMARTS) is 1. The Labute approximate surface area is 128 Å². The smallest absolute Gasteiger partial charge is 0.314 e. The van der Waals surface area contributed by atoms with E-state index in [0.29, 0.717) is 19.5 Å². The van der Waals surface area contributed by atoms with E-state index >= 15 is 0 Å². The van der Waals surface area contributed by atoms with Gasteiger partial charge in [0.15, 0.2) is 0 Å². The van der Waals surface area contributed by atoms with E-state index in [4.69, 9.17) is 5.11 Å². The number of urea groups is 1. The van der Waals surface area contributed by atoms with Gasteiger partial charge in [-0.15, -0.1) is 11.3 Å². The Morgan fingerprint density at radius 2 is 2.29 bits per heavy atom. The first kappa shape index (κ1) is 15.8. The zero-order valence-corrected chi connectivity index (χ0v) is 12.9. The zero-order valence-electron chi connectivity index (χ0n) is 12.0. The molecule has 1 fully saturated rings. The Bertz CT molecular complexity index is 478. The van der Waals surface area contributed by atoms with Crippen molar-refractivity contribution in [3.05, 3.63) is 16.6 Å². The topological polar surface area (TPSA) is 91.3 Å². The molecule has 3 N–H and O–H groups in total. The van der Waals surface area contributed by atoms with E-state index in [0.717, 1.165) is 17.8 Å². The molecule has 1 saturated carbocycles. The highest BCUT2D eigenvalue weighted by Crippen LogP contribution is 2.31. The molecule has 0 saturated heterocycles. The molecule has 1 aromatic rings. The number of amides is 2. The maximum absolute atomic E-state index is 11.8. The number of aliphatic carboxylic acids is 1. The van der Waals surface area contributed by atoms with Gasteiger partial charge in [-0.2, -0.15) is 0 Å². The third-order valence-corrected chi connectivity index (χ3v) is 4.95. The number of carbonyl (C=O) groups excluding carboxylic acids is 1. The molecular weight excluding hydrogens is 290 g/mol. The fourth-order valence-corrected chi connectivity index (χ4v) is 3.40. The first-order chi connectivity index (χ1) is 10.1. The van der Waals surface area contributed by atoms with E-state index in [2.05, 4.69) is 15.6 Å². The predicted octanol–water partition coefficient (Wildman–Crippen LogP) is 2.05. The number of aromatic nitrogens is 1. The van der Waals surface area contributed by atoms with Crippen molar-refractivity contribution in [2.45, 2.75) is 32.1 Å². The molecule has 0 radical (unpaired) electrons. The van der Waals surface area contributed by atoms with Gasteiger partial charge in [-0.05, 0) is 18.8 Å². The Morgan fingerprint density at radius 3 is 2.95 bits per heavy atom. The van der Waals surface area contributed by atoms with Gasteiger partial charge >= 0.3 is 12.0 Å². The normalized spacial score (nSPS) is 22.7. The summed E-state index contributed by atoms with van der Waals surface area (Å²) < 4.78 is 0. The highest BCUT2D eigenvalue weighted by molar-refractivity contribution is 7.09. The van der Waals surface area contributed by atoms with Crippen LogP contribution >= 0.6 is 11.3 Å². The van der Waals surface area contributed by atoms with Gasteiger partial charge in [-0.1, -0.05) is 13.3 Å². The average molecular weight is 311 g/mol. The van der Waals surface area contributed by atoms with Crippen LogP contribution in [0.4, 0.5) is 4.79 Å². The number of rotatable bonds is 6. The quantitative estimate of drug-likeness (QED) is 0.750. The molecular formula is C14H21N3O3S. The van der Waals surface area contributed by atoms with Crippen molar-refractivity contribution in [2.24, 2.45) is 11.8 Å². The number of hydrogen-bond acceptors (Lipinski definition) is 4. The second-order valence-electron chi connectivity index (χ2n) is 5.50. The van der Waals surface area contributed by atoms with E-state index in [1.807, 2.05) is 12.3 Å². The van der Waals surface area contributed by atoms with Crippen molar-refractivity contribution in [1.29, 1.82) is 0 Å². The average Bonchev–Trinajstić information content (AvgIpc) is 3.12. The molecule has 21 heavy (non-hydrogen) atoms. The summed E-state index contributed by atoms with van der Waals surface area (Å²) in [5.74, 6) is -0.852. The first-order valence-corrected chi connectivity index (χ1v) is 8.09. The van der Waals surface area contributed by atoms with E-state index in [1.54, 1.807) is 17.5 Å². The Morgan fingerprint density at radius 1 is 1.48 bits per heavy atom. The molecule has 2 rings (SSSR count). The summed E-state index contributed by atoms with van der Waals surface area (Å²) in [5.41, 5.74) is 0. The van der Waals surface area contributed by atoms with Crippen LogP contribution in [0.25, 0.3) is 0 Å². The van der Waals surface area contributed by atoms with E-state index in [1.165, 1.54) is 0 Å². The highest BCUT2D eigenvalue weighted by atomic mass is 32.1. The Hall–Kier alpha value is -1.63. The molecule has 0 aromatic carbocycles. The summed E-state index contributed by atoms with van der Waals surface area (Å²) in [4.78, 5) is 27.0. The van der Waals surface area contributed by atoms with Gasteiger partial charge in [-0.3, -0.25) is 4.79 Å². The monoisotopic (exact) mass is 311 g/mol. The fourth-order valence-electron chi connectivity index (χ4n) is 2.70. The molecule has 7 heteroatoms. The molecule has 0 bridgehead atoms. The maximum atomic E-state index is 11.8. The summed E-state index contributed by atoms with van der Waals surface area (Å²) in [7, 11) is 0. The van der Waals surface area contributed by atoms with Crippen LogP contribution in [0.3, 0.4) is 0 Å². The largest absolute Gasteiger partial charge is 0.481 e. The molecule has 2 amide bonds. The number of carboxylic acids is 1. The molecule has 116 valence electrons. The second kappa shape index (κ2) is 7.40. The number of hydrogen-bond donors (Lipinski definition) is 3. The van der Waals surface area contributed by atoms with Gasteiger partial charge in [-0.25, -0.2) is 9.78 Å². The van der Waals surface area contributed by atoms with Crippen molar-refractivity contribution in [3.8, 4) is 0 Å². The third kappa shape index (κ3) is 4.42. The number of carbonyl (C=O) groups is 2. The summed E-state index contributed by atoms with van der Waals surface area (Å²) in [6.45, 7) is 2.96. The van der Waals surface area contributed by atoms with Crippen molar-refractivity contribution >= 4 is 23.3 Å². The summed E-state index contributed by atoms with van der Waals surface area (Å²) in [6, 6.07) is -0.241. The van der Waals surface area contributed by atoms with Gasteiger partial charge in [0, 0.05) is 30.6 Å². The molecule has 0 aliphatic heterocycles. The number of thiazole rings is 1. The molecule has 0 spiro atoms. The summed E-state index contributed by atoms with van der Waals surface area (Å²) in [5, 5.41) is 17.6. The molecule has 1 aliphatic carbocycles. The van der Waals surface area contributed by atoms with Crippen LogP contribution in [-0.4, -0.2) is 35.2 Å². The van der Waals surface area contributed by atoms with Crippen LogP contribution in [0.1, 0.15) is 37.1 Å². The van der Waals surface area contributed by atoms with Gasteiger partial charge in [0.2, 0.25) is 0 Å². The first-order valence-electron chi connectivity index (χ1n) is 7.21. The van der Waals surface area contributed by atoms with Gasteiger partial charge < -0.3 is 15.7 Å². The van der Waals surface area contributed by atoms with Crippen LogP contribution in [0.15, 0.2) is 11.6 Å². The molecule has 3 atom stereocenters. The lowest BCUT2D eigenvalue weighted by Gasteiger charge is -2.17. The van der Waals surface area contributed by atoms with Crippen molar-refractivity contribution in [1.82, 2.24) is 15.6 Å². The van der Waals surface area contributed by atoms with Crippen molar-refractivity contribution in [3.63, 3.8) is 0 Å². The van der Waals surface area contributed by atoms with Crippen molar-refractivity contribution < 1.29 is 14.7 Å². The zero-order chi connectivity index (χ0) is 15.2. The van der Waals surface area contributed by atoms with Gasteiger partial charge in [0.25, 0.3) is 0 Å². The lowest BCUT2D eigenvalue weighted by molar-refractivity contribution is -0.142. The summed E-state index contributed by atoms with van der Waals surface area (Å²) >= 11 is 1.57. The molecule has 1 aliphatic rings. The van der Waals surface area contributed by atoms with Crippen LogP contribution in [0.2, 0.25) is 0 Å². The minimum absolute atomic E-state index is 0.0460. The van der Waals surface area contributed by atoms with Crippen LogP contribution in [0.5, 0.6) is 0 Å². The molecule has 3 unspecified atom stereocenters. The second-order valence-corrected chi connectivity index (χ2v) is 6.42. The van der Waals surface area contributed by atoms with Gasteiger partial charge in [0.1, 0.15) is 0 Å². The fraction of sp³-hybridized carbons (Fsp3) is 0.643. The number of nitrogens with zero attached hydrogens (tertiary/aromatic N) is 1. The molecule has 6 nitrogen and oxygen atoms in total. The minimum Gasteiger partial charge on any atom is -0.481 e. The van der Waals surface area contributed by atoms with E-state index in [-0.39, 0.29) is 23.8 Å². The van der Waals surface area contributed by atoms with Gasteiger partial charge in [0.05, 0.1) is 10.9 Å². The third-order valence-electron chi connectivity index (χ3n) is 3.94. The Balaban J connectivity index is 1.69. The maximum Gasteiger partial charge on any atom is 0.314 e. The van der Waals surface area contributed by atoms with E-state index in [9.17, 15) is 9.59 Å². The molecule has 1 aromatic heterocycles. The van der Waals surface area contributed by atoms with E-state index < -0.39 is 5.97 Å². The lowest BCUT2D eigenvalue weighted by Crippen LogP contribution is -2.41. The Kier molecular flexibility index (Phi) is 5.55. The predicted molar refractivity (Wildman–Crippen MR) is 80.4 cm³/mol. The highest BCUT2D eigenvalue weighted by Gasteiger charge is 2.32. The van der Waals surface area contributed by atoms with Crippen LogP contribution < -0.4 is 10.6 Å². The standard InChI is InChI=1S/C14H21N3O3S/c1-9(12-15-5-6-21-12)7-16-14(20)17-8-10-3-2-4-11(10)13(18)19/h5-6,9-11H,2-4,7-8H2,1H3,(H,18,19)(H2,16,17,20).